The van der Waals surface area contributed by atoms with Gasteiger partial charge in [-0.25, -0.2) is 0 Å². The smallest absolute Gasteiger partial charge is 0.278 e. The molecular weight excluding hydrogens is 312 g/mol. The lowest BCUT2D eigenvalue weighted by molar-refractivity contribution is -0.136. The van der Waals surface area contributed by atoms with Gasteiger partial charge < -0.3 is 4.90 Å². The lowest BCUT2D eigenvalue weighted by Crippen LogP contribution is -2.34. The molecule has 0 N–H and O–H groups in total. The van der Waals surface area contributed by atoms with Gasteiger partial charge in [-0.2, -0.15) is 0 Å². The van der Waals surface area contributed by atoms with Gasteiger partial charge in [0.15, 0.2) is 0 Å². The van der Waals surface area contributed by atoms with E-state index in [-0.39, 0.29) is 18.4 Å². The number of benzene rings is 2. The number of anilines is 1. The fourth-order valence-corrected chi connectivity index (χ4v) is 3.54. The minimum absolute atomic E-state index is 0.215. The number of fused-ring (bicyclic) bond motifs is 1. The van der Waals surface area contributed by atoms with E-state index in [0.29, 0.717) is 17.8 Å². The fourth-order valence-electron chi connectivity index (χ4n) is 3.54. The molecule has 0 spiro atoms. The molecule has 25 heavy (non-hydrogen) atoms. The summed E-state index contributed by atoms with van der Waals surface area (Å²) < 4.78 is 0. The van der Waals surface area contributed by atoms with Crippen molar-refractivity contribution in [3.8, 4) is 0 Å². The predicted molar refractivity (Wildman–Crippen MR) is 97.8 cm³/mol. The number of imide groups is 1. The second kappa shape index (κ2) is 6.06. The number of amides is 2. The molecule has 2 heterocycles. The van der Waals surface area contributed by atoms with Gasteiger partial charge in [0.2, 0.25) is 0 Å². The van der Waals surface area contributed by atoms with Gasteiger partial charge >= 0.3 is 0 Å². The third-order valence-electron chi connectivity index (χ3n) is 4.67. The van der Waals surface area contributed by atoms with Crippen molar-refractivity contribution in [2.24, 2.45) is 0 Å². The van der Waals surface area contributed by atoms with Crippen molar-refractivity contribution in [1.29, 1.82) is 0 Å². The lowest BCUT2D eigenvalue weighted by Gasteiger charge is -2.21. The normalized spacial score (nSPS) is 16.6. The second-order valence-corrected chi connectivity index (χ2v) is 6.13. The Hall–Kier alpha value is -3.14. The molecule has 2 amide bonds. The van der Waals surface area contributed by atoms with Crippen LogP contribution in [-0.4, -0.2) is 29.8 Å². The Morgan fingerprint density at radius 2 is 1.68 bits per heavy atom. The summed E-state index contributed by atoms with van der Waals surface area (Å²) in [5.74, 6) is -0.504. The number of hydrogen-bond donors (Lipinski definition) is 0. The molecule has 0 aliphatic carbocycles. The second-order valence-electron chi connectivity index (χ2n) is 6.13. The summed E-state index contributed by atoms with van der Waals surface area (Å²) >= 11 is 0. The maximum absolute atomic E-state index is 13.0. The Kier molecular flexibility index (Phi) is 3.73. The van der Waals surface area contributed by atoms with Crippen LogP contribution in [0.2, 0.25) is 0 Å². The first-order chi connectivity index (χ1) is 12.2. The summed E-state index contributed by atoms with van der Waals surface area (Å²) in [4.78, 5) is 29.3. The average Bonchev–Trinajstić information content (AvgIpc) is 3.17. The van der Waals surface area contributed by atoms with Gasteiger partial charge in [0.25, 0.3) is 11.8 Å². The highest BCUT2D eigenvalue weighted by atomic mass is 16.2. The van der Waals surface area contributed by atoms with Gasteiger partial charge in [-0.1, -0.05) is 54.6 Å². The van der Waals surface area contributed by atoms with Crippen LogP contribution in [0.4, 0.5) is 5.69 Å². The molecule has 0 radical (unpaired) electrons. The van der Waals surface area contributed by atoms with Crippen LogP contribution in [0.5, 0.6) is 0 Å². The van der Waals surface area contributed by atoms with Crippen molar-refractivity contribution in [2.45, 2.75) is 6.42 Å². The minimum atomic E-state index is -0.254. The molecule has 2 aromatic rings. The van der Waals surface area contributed by atoms with E-state index in [1.807, 2.05) is 53.4 Å². The first-order valence-electron chi connectivity index (χ1n) is 8.34. The highest BCUT2D eigenvalue weighted by Crippen LogP contribution is 2.38. The SMILES string of the molecule is C=CCN1C(=O)C(c2ccccc2)=C(N2CCc3ccccc32)C1=O. The topological polar surface area (TPSA) is 40.6 Å². The van der Waals surface area contributed by atoms with Crippen molar-refractivity contribution in [2.75, 3.05) is 18.0 Å². The van der Waals surface area contributed by atoms with Crippen LogP contribution in [0, 0.1) is 0 Å². The number of para-hydroxylation sites is 1. The third-order valence-corrected chi connectivity index (χ3v) is 4.67. The molecule has 2 aliphatic heterocycles. The van der Waals surface area contributed by atoms with E-state index in [4.69, 9.17) is 0 Å². The summed E-state index contributed by atoms with van der Waals surface area (Å²) in [5, 5.41) is 0. The van der Waals surface area contributed by atoms with E-state index < -0.39 is 0 Å². The number of carbonyl (C=O) groups is 2. The van der Waals surface area contributed by atoms with Crippen LogP contribution in [0.25, 0.3) is 5.57 Å². The molecule has 0 unspecified atom stereocenters. The van der Waals surface area contributed by atoms with Crippen molar-refractivity contribution in [1.82, 2.24) is 4.90 Å². The molecule has 0 saturated carbocycles. The maximum Gasteiger partial charge on any atom is 0.278 e. The maximum atomic E-state index is 13.0. The first kappa shape index (κ1) is 15.4. The van der Waals surface area contributed by atoms with Crippen molar-refractivity contribution in [3.63, 3.8) is 0 Å². The third kappa shape index (κ3) is 2.38. The molecule has 4 nitrogen and oxygen atoms in total. The van der Waals surface area contributed by atoms with Crippen LogP contribution in [-0.2, 0) is 16.0 Å². The Morgan fingerprint density at radius 1 is 0.960 bits per heavy atom. The molecule has 0 atom stereocenters. The molecule has 2 aromatic carbocycles. The largest absolute Gasteiger partial charge is 0.336 e. The zero-order valence-electron chi connectivity index (χ0n) is 13.8. The predicted octanol–water partition coefficient (Wildman–Crippen LogP) is 3.02. The highest BCUT2D eigenvalue weighted by Gasteiger charge is 2.42. The van der Waals surface area contributed by atoms with Gasteiger partial charge in [-0.05, 0) is 23.6 Å². The number of hydrogen-bond acceptors (Lipinski definition) is 3. The summed E-state index contributed by atoms with van der Waals surface area (Å²) in [6.07, 6.45) is 2.45. The van der Waals surface area contributed by atoms with E-state index in [1.165, 1.54) is 10.5 Å². The molecule has 0 saturated heterocycles. The van der Waals surface area contributed by atoms with Crippen molar-refractivity contribution >= 4 is 23.1 Å². The van der Waals surface area contributed by atoms with E-state index in [0.717, 1.165) is 17.7 Å². The van der Waals surface area contributed by atoms with Gasteiger partial charge in [0.05, 0.1) is 5.57 Å². The Morgan fingerprint density at radius 3 is 2.44 bits per heavy atom. The molecular formula is C21H18N2O2. The minimum Gasteiger partial charge on any atom is -0.336 e. The standard InChI is InChI=1S/C21H18N2O2/c1-2-13-23-20(24)18(16-9-4-3-5-10-16)19(21(23)25)22-14-12-15-8-6-7-11-17(15)22/h2-11H,1,12-14H2. The highest BCUT2D eigenvalue weighted by molar-refractivity contribution is 6.36. The van der Waals surface area contributed by atoms with Crippen LogP contribution in [0.15, 0.2) is 72.9 Å². The average molecular weight is 330 g/mol. The van der Waals surface area contributed by atoms with Crippen LogP contribution in [0.3, 0.4) is 0 Å². The molecule has 0 fully saturated rings. The fraction of sp³-hybridized carbons (Fsp3) is 0.143. The summed E-state index contributed by atoms with van der Waals surface area (Å²) in [6, 6.07) is 17.4. The van der Waals surface area contributed by atoms with Gasteiger partial charge in [-0.15, -0.1) is 6.58 Å². The molecule has 2 aliphatic rings. The molecule has 4 heteroatoms. The van der Waals surface area contributed by atoms with Crippen molar-refractivity contribution < 1.29 is 9.59 Å². The van der Waals surface area contributed by atoms with Gasteiger partial charge in [-0.3, -0.25) is 14.5 Å². The van der Waals surface area contributed by atoms with Gasteiger partial charge in [0, 0.05) is 18.8 Å². The Labute approximate surface area is 146 Å². The van der Waals surface area contributed by atoms with E-state index in [9.17, 15) is 9.59 Å². The lowest BCUT2D eigenvalue weighted by atomic mass is 10.0. The zero-order chi connectivity index (χ0) is 17.4. The molecule has 0 bridgehead atoms. The van der Waals surface area contributed by atoms with Crippen LogP contribution in [0.1, 0.15) is 11.1 Å². The van der Waals surface area contributed by atoms with E-state index in [1.54, 1.807) is 6.08 Å². The van der Waals surface area contributed by atoms with Crippen LogP contribution >= 0.6 is 0 Å². The number of carbonyl (C=O) groups excluding carboxylic acids is 2. The number of nitrogens with zero attached hydrogens (tertiary/aromatic N) is 2. The van der Waals surface area contributed by atoms with Gasteiger partial charge in [0.1, 0.15) is 5.70 Å². The van der Waals surface area contributed by atoms with E-state index >= 15 is 0 Å². The quantitative estimate of drug-likeness (QED) is 0.639. The Balaban J connectivity index is 1.89. The first-order valence-corrected chi connectivity index (χ1v) is 8.34. The number of rotatable bonds is 4. The summed E-state index contributed by atoms with van der Waals surface area (Å²) in [6.45, 7) is 4.59. The Bertz CT molecular complexity index is 899. The molecule has 124 valence electrons. The summed E-state index contributed by atoms with van der Waals surface area (Å²) in [5.41, 5.74) is 3.93. The summed E-state index contributed by atoms with van der Waals surface area (Å²) in [7, 11) is 0. The molecule has 4 rings (SSSR count). The van der Waals surface area contributed by atoms with Crippen LogP contribution < -0.4 is 4.90 Å². The van der Waals surface area contributed by atoms with E-state index in [2.05, 4.69) is 12.6 Å². The van der Waals surface area contributed by atoms with Crippen molar-refractivity contribution in [3.05, 3.63) is 84.1 Å². The zero-order valence-corrected chi connectivity index (χ0v) is 13.8. The molecule has 0 aromatic heterocycles. The monoisotopic (exact) mass is 330 g/mol.